The number of anilines is 2. The first-order chi connectivity index (χ1) is 11.2. The molecule has 0 aliphatic heterocycles. The lowest BCUT2D eigenvalue weighted by Gasteiger charge is -2.11. The zero-order chi connectivity index (χ0) is 17.9. The average molecular weight is 350 g/mol. The summed E-state index contributed by atoms with van der Waals surface area (Å²) in [5, 5.41) is 2.44. The first-order valence-electron chi connectivity index (χ1n) is 6.90. The normalized spacial score (nSPS) is 11.0. The third-order valence-electron chi connectivity index (χ3n) is 3.10. The Morgan fingerprint density at radius 2 is 1.62 bits per heavy atom. The largest absolute Gasteiger partial charge is 0.326 e. The zero-order valence-electron chi connectivity index (χ0n) is 13.0. The summed E-state index contributed by atoms with van der Waals surface area (Å²) in [4.78, 5) is 22.1. The molecular weight excluding hydrogens is 335 g/mol. The summed E-state index contributed by atoms with van der Waals surface area (Å²) in [5.41, 5.74) is 0.332. The molecule has 0 aromatic heterocycles. The van der Waals surface area contributed by atoms with Gasteiger partial charge in [-0.1, -0.05) is 12.1 Å². The third-order valence-corrected chi connectivity index (χ3v) is 4.48. The van der Waals surface area contributed by atoms with Gasteiger partial charge in [0.2, 0.25) is 5.91 Å². The second-order valence-electron chi connectivity index (χ2n) is 5.06. The van der Waals surface area contributed by atoms with Crippen molar-refractivity contribution in [2.45, 2.75) is 18.7 Å². The molecule has 0 fully saturated rings. The summed E-state index contributed by atoms with van der Waals surface area (Å²) in [5.74, 6) is -1.34. The standard InChI is InChI=1S/C16H15FN2O4S/c1-10(20)12-3-6-14(7-4-12)24(22,23)19-16-9-13(18-11(2)21)5-8-15(16)17/h3-9,19H,1-2H3,(H,18,21). The van der Waals surface area contributed by atoms with Crippen LogP contribution in [-0.2, 0) is 14.8 Å². The van der Waals surface area contributed by atoms with Crippen molar-refractivity contribution in [3.63, 3.8) is 0 Å². The van der Waals surface area contributed by atoms with Gasteiger partial charge in [-0.25, -0.2) is 12.8 Å². The predicted molar refractivity (Wildman–Crippen MR) is 88.0 cm³/mol. The van der Waals surface area contributed by atoms with Crippen molar-refractivity contribution in [3.05, 3.63) is 53.8 Å². The number of sulfonamides is 1. The lowest BCUT2D eigenvalue weighted by atomic mass is 10.2. The van der Waals surface area contributed by atoms with Crippen LogP contribution in [0.4, 0.5) is 15.8 Å². The fourth-order valence-electron chi connectivity index (χ4n) is 1.96. The van der Waals surface area contributed by atoms with Gasteiger partial charge in [-0.15, -0.1) is 0 Å². The molecule has 8 heteroatoms. The van der Waals surface area contributed by atoms with Crippen molar-refractivity contribution in [3.8, 4) is 0 Å². The van der Waals surface area contributed by atoms with E-state index in [2.05, 4.69) is 10.0 Å². The first-order valence-corrected chi connectivity index (χ1v) is 8.38. The minimum absolute atomic E-state index is 0.114. The Bertz CT molecular complexity index is 893. The van der Waals surface area contributed by atoms with Crippen molar-refractivity contribution >= 4 is 33.1 Å². The highest BCUT2D eigenvalue weighted by atomic mass is 32.2. The average Bonchev–Trinajstić information content (AvgIpc) is 2.50. The fraction of sp³-hybridized carbons (Fsp3) is 0.125. The quantitative estimate of drug-likeness (QED) is 0.811. The first kappa shape index (κ1) is 17.6. The van der Waals surface area contributed by atoms with Crippen molar-refractivity contribution in [1.82, 2.24) is 0 Å². The van der Waals surface area contributed by atoms with E-state index in [1.165, 1.54) is 50.2 Å². The Morgan fingerprint density at radius 1 is 1.00 bits per heavy atom. The Labute approximate surface area is 138 Å². The van der Waals surface area contributed by atoms with Crippen LogP contribution in [0.15, 0.2) is 47.4 Å². The highest BCUT2D eigenvalue weighted by Crippen LogP contribution is 2.23. The predicted octanol–water partition coefficient (Wildman–Crippen LogP) is 2.79. The Kier molecular flexibility index (Phi) is 4.99. The molecule has 0 spiro atoms. The molecule has 0 saturated heterocycles. The van der Waals surface area contributed by atoms with Gasteiger partial charge < -0.3 is 5.32 Å². The molecule has 126 valence electrons. The smallest absolute Gasteiger partial charge is 0.261 e. The molecule has 24 heavy (non-hydrogen) atoms. The number of benzene rings is 2. The van der Waals surface area contributed by atoms with Crippen LogP contribution in [0.5, 0.6) is 0 Å². The van der Waals surface area contributed by atoms with Crippen LogP contribution in [0.3, 0.4) is 0 Å². The molecule has 0 radical (unpaired) electrons. The van der Waals surface area contributed by atoms with Gasteiger partial charge in [0.25, 0.3) is 10.0 Å². The molecule has 0 aliphatic rings. The van der Waals surface area contributed by atoms with Gasteiger partial charge in [-0.2, -0.15) is 0 Å². The van der Waals surface area contributed by atoms with E-state index in [9.17, 15) is 22.4 Å². The second kappa shape index (κ2) is 6.79. The van der Waals surface area contributed by atoms with Gasteiger partial charge in [0.1, 0.15) is 5.82 Å². The van der Waals surface area contributed by atoms with Crippen LogP contribution in [-0.4, -0.2) is 20.1 Å². The lowest BCUT2D eigenvalue weighted by Crippen LogP contribution is -2.15. The molecule has 0 heterocycles. The van der Waals surface area contributed by atoms with Crippen molar-refractivity contribution in [2.24, 2.45) is 0 Å². The van der Waals surface area contributed by atoms with Gasteiger partial charge in [-0.3, -0.25) is 14.3 Å². The maximum atomic E-state index is 13.8. The van der Waals surface area contributed by atoms with Crippen LogP contribution in [0, 0.1) is 5.82 Å². The Morgan fingerprint density at radius 3 is 2.17 bits per heavy atom. The van der Waals surface area contributed by atoms with Crippen LogP contribution in [0.25, 0.3) is 0 Å². The number of nitrogens with one attached hydrogen (secondary N) is 2. The fourth-order valence-corrected chi connectivity index (χ4v) is 3.02. The van der Waals surface area contributed by atoms with Crippen LogP contribution in [0.2, 0.25) is 0 Å². The number of ketones is 1. The Balaban J connectivity index is 2.31. The third kappa shape index (κ3) is 4.17. The van der Waals surface area contributed by atoms with Gasteiger partial charge in [-0.05, 0) is 37.3 Å². The molecule has 0 atom stereocenters. The molecule has 0 saturated carbocycles. The second-order valence-corrected chi connectivity index (χ2v) is 6.74. The molecule has 0 bridgehead atoms. The van der Waals surface area contributed by atoms with Crippen LogP contribution in [0.1, 0.15) is 24.2 Å². The number of rotatable bonds is 5. The van der Waals surface area contributed by atoms with Crippen molar-refractivity contribution in [2.75, 3.05) is 10.0 Å². The van der Waals surface area contributed by atoms with E-state index >= 15 is 0 Å². The minimum Gasteiger partial charge on any atom is -0.326 e. The van der Waals surface area contributed by atoms with E-state index in [-0.39, 0.29) is 28.0 Å². The number of hydrogen-bond donors (Lipinski definition) is 2. The van der Waals surface area contributed by atoms with Crippen LogP contribution >= 0.6 is 0 Å². The highest BCUT2D eigenvalue weighted by Gasteiger charge is 2.17. The summed E-state index contributed by atoms with van der Waals surface area (Å²) in [7, 11) is -4.04. The molecule has 2 aromatic carbocycles. The van der Waals surface area contributed by atoms with Gasteiger partial charge in [0, 0.05) is 18.2 Å². The molecule has 2 aromatic rings. The van der Waals surface area contributed by atoms with E-state index in [1.807, 2.05) is 0 Å². The van der Waals surface area contributed by atoms with Gasteiger partial charge >= 0.3 is 0 Å². The SMILES string of the molecule is CC(=O)Nc1ccc(F)c(NS(=O)(=O)c2ccc(C(C)=O)cc2)c1. The lowest BCUT2D eigenvalue weighted by molar-refractivity contribution is -0.114. The topological polar surface area (TPSA) is 92.3 Å². The molecule has 6 nitrogen and oxygen atoms in total. The van der Waals surface area contributed by atoms with E-state index in [4.69, 9.17) is 0 Å². The minimum atomic E-state index is -4.04. The maximum Gasteiger partial charge on any atom is 0.261 e. The monoisotopic (exact) mass is 350 g/mol. The van der Waals surface area contributed by atoms with E-state index in [1.54, 1.807) is 0 Å². The number of Topliss-reactive ketones (excluding diaryl/α,β-unsaturated/α-hetero) is 1. The Hall–Kier alpha value is -2.74. The van der Waals surface area contributed by atoms with E-state index < -0.39 is 15.8 Å². The maximum absolute atomic E-state index is 13.8. The molecule has 2 N–H and O–H groups in total. The number of halogens is 1. The molecule has 0 aliphatic carbocycles. The summed E-state index contributed by atoms with van der Waals surface area (Å²) in [6.07, 6.45) is 0. The molecule has 0 unspecified atom stereocenters. The molecule has 2 rings (SSSR count). The van der Waals surface area contributed by atoms with E-state index in [0.717, 1.165) is 6.07 Å². The molecule has 1 amide bonds. The molecular formula is C16H15FN2O4S. The van der Waals surface area contributed by atoms with Crippen molar-refractivity contribution < 1.29 is 22.4 Å². The van der Waals surface area contributed by atoms with Gasteiger partial charge in [0.15, 0.2) is 5.78 Å². The van der Waals surface area contributed by atoms with Crippen molar-refractivity contribution in [1.29, 1.82) is 0 Å². The number of carbonyl (C=O) groups is 2. The number of amides is 1. The summed E-state index contributed by atoms with van der Waals surface area (Å²) >= 11 is 0. The number of hydrogen-bond acceptors (Lipinski definition) is 4. The zero-order valence-corrected chi connectivity index (χ0v) is 13.8. The summed E-state index contributed by atoms with van der Waals surface area (Å²) in [6, 6.07) is 8.81. The van der Waals surface area contributed by atoms with Crippen LogP contribution < -0.4 is 10.0 Å². The summed E-state index contributed by atoms with van der Waals surface area (Å²) < 4.78 is 40.6. The highest BCUT2D eigenvalue weighted by molar-refractivity contribution is 7.92. The summed E-state index contributed by atoms with van der Waals surface area (Å²) in [6.45, 7) is 2.65. The number of carbonyl (C=O) groups excluding carboxylic acids is 2. The van der Waals surface area contributed by atoms with Gasteiger partial charge in [0.05, 0.1) is 10.6 Å². The van der Waals surface area contributed by atoms with E-state index in [0.29, 0.717) is 5.56 Å².